The Kier molecular flexibility index (Phi) is 10.7. The van der Waals surface area contributed by atoms with E-state index in [-0.39, 0.29) is 12.1 Å². The number of carbonyl (C=O) groups excluding carboxylic acids is 1. The Morgan fingerprint density at radius 3 is 2.43 bits per heavy atom. The van der Waals surface area contributed by atoms with E-state index in [9.17, 15) is 4.79 Å². The molecule has 2 atom stereocenters. The third-order valence-corrected chi connectivity index (χ3v) is 3.52. The van der Waals surface area contributed by atoms with Gasteiger partial charge >= 0.3 is 5.97 Å². The van der Waals surface area contributed by atoms with Gasteiger partial charge in [0.05, 0.1) is 12.7 Å². The normalized spacial score (nSPS) is 15.8. The molecule has 0 aliphatic carbocycles. The Labute approximate surface area is 131 Å². The number of rotatable bonds is 12. The van der Waals surface area contributed by atoms with Gasteiger partial charge in [-0.15, -0.1) is 0 Å². The summed E-state index contributed by atoms with van der Waals surface area (Å²) < 4.78 is 11.0. The van der Waals surface area contributed by atoms with Gasteiger partial charge in [0.1, 0.15) is 5.54 Å². The van der Waals surface area contributed by atoms with Gasteiger partial charge in [-0.1, -0.05) is 20.8 Å². The second-order valence-corrected chi connectivity index (χ2v) is 6.39. The molecule has 0 spiro atoms. The van der Waals surface area contributed by atoms with Crippen molar-refractivity contribution < 1.29 is 14.3 Å². The molecule has 4 heteroatoms. The predicted molar refractivity (Wildman–Crippen MR) is 87.4 cm³/mol. The Bertz CT molecular complexity index is 281. The summed E-state index contributed by atoms with van der Waals surface area (Å²) in [5, 5.41) is 3.32. The lowest BCUT2D eigenvalue weighted by atomic mass is 9.95. The minimum Gasteiger partial charge on any atom is -0.465 e. The van der Waals surface area contributed by atoms with Crippen molar-refractivity contribution in [3.05, 3.63) is 0 Å². The van der Waals surface area contributed by atoms with Gasteiger partial charge < -0.3 is 14.8 Å². The molecule has 126 valence electrons. The van der Waals surface area contributed by atoms with E-state index in [1.54, 1.807) is 0 Å². The molecule has 0 fully saturated rings. The Morgan fingerprint density at radius 2 is 1.90 bits per heavy atom. The maximum Gasteiger partial charge on any atom is 0.326 e. The zero-order valence-corrected chi connectivity index (χ0v) is 14.8. The number of esters is 1. The summed E-state index contributed by atoms with van der Waals surface area (Å²) in [6, 6.07) is 0. The van der Waals surface area contributed by atoms with Crippen LogP contribution in [0.1, 0.15) is 67.2 Å². The second kappa shape index (κ2) is 11.0. The van der Waals surface area contributed by atoms with Crippen LogP contribution >= 0.6 is 0 Å². The third kappa shape index (κ3) is 9.10. The van der Waals surface area contributed by atoms with Crippen LogP contribution in [0.2, 0.25) is 0 Å². The first-order chi connectivity index (χ1) is 9.85. The first kappa shape index (κ1) is 20.4. The van der Waals surface area contributed by atoms with Crippen molar-refractivity contribution >= 4 is 5.97 Å². The van der Waals surface area contributed by atoms with Crippen molar-refractivity contribution in [2.75, 3.05) is 19.8 Å². The number of carbonyl (C=O) groups is 1. The van der Waals surface area contributed by atoms with Gasteiger partial charge in [-0.05, 0) is 58.9 Å². The minimum atomic E-state index is -0.601. The lowest BCUT2D eigenvalue weighted by molar-refractivity contribution is -0.151. The van der Waals surface area contributed by atoms with Crippen molar-refractivity contribution in [1.82, 2.24) is 5.32 Å². The SMILES string of the molecule is CCCNC(C)(CCCOC(C)CC(C)C)C(=O)OCC. The average molecular weight is 301 g/mol. The topological polar surface area (TPSA) is 47.6 Å². The summed E-state index contributed by atoms with van der Waals surface area (Å²) >= 11 is 0. The predicted octanol–water partition coefficient (Wildman–Crippen LogP) is 3.54. The maximum atomic E-state index is 12.1. The Morgan fingerprint density at radius 1 is 1.24 bits per heavy atom. The van der Waals surface area contributed by atoms with Gasteiger partial charge in [0.15, 0.2) is 0 Å². The zero-order valence-electron chi connectivity index (χ0n) is 14.8. The highest BCUT2D eigenvalue weighted by atomic mass is 16.5. The molecule has 0 saturated heterocycles. The van der Waals surface area contributed by atoms with Crippen LogP contribution in [0.5, 0.6) is 0 Å². The van der Waals surface area contributed by atoms with Crippen LogP contribution in [0.15, 0.2) is 0 Å². The molecule has 0 bridgehead atoms. The fourth-order valence-electron chi connectivity index (χ4n) is 2.40. The van der Waals surface area contributed by atoms with Crippen LogP contribution in [-0.2, 0) is 14.3 Å². The smallest absolute Gasteiger partial charge is 0.326 e. The fourth-order valence-corrected chi connectivity index (χ4v) is 2.40. The molecule has 0 aromatic heterocycles. The van der Waals surface area contributed by atoms with E-state index in [2.05, 4.69) is 33.0 Å². The fraction of sp³-hybridized carbons (Fsp3) is 0.941. The molecule has 0 aliphatic rings. The van der Waals surface area contributed by atoms with E-state index < -0.39 is 5.54 Å². The molecule has 0 aromatic rings. The summed E-state index contributed by atoms with van der Waals surface area (Å²) in [7, 11) is 0. The van der Waals surface area contributed by atoms with E-state index in [0.717, 1.165) is 32.2 Å². The van der Waals surface area contributed by atoms with Crippen molar-refractivity contribution in [3.8, 4) is 0 Å². The molecular weight excluding hydrogens is 266 g/mol. The summed E-state index contributed by atoms with van der Waals surface area (Å²) in [6.07, 6.45) is 3.94. The van der Waals surface area contributed by atoms with E-state index >= 15 is 0 Å². The highest BCUT2D eigenvalue weighted by Crippen LogP contribution is 2.16. The summed E-state index contributed by atoms with van der Waals surface area (Å²) in [5.74, 6) is 0.490. The number of hydrogen-bond donors (Lipinski definition) is 1. The molecule has 0 saturated carbocycles. The van der Waals surface area contributed by atoms with E-state index in [1.807, 2.05) is 13.8 Å². The van der Waals surface area contributed by atoms with Crippen molar-refractivity contribution in [3.63, 3.8) is 0 Å². The molecule has 2 unspecified atom stereocenters. The quantitative estimate of drug-likeness (QED) is 0.442. The van der Waals surface area contributed by atoms with E-state index in [4.69, 9.17) is 9.47 Å². The van der Waals surface area contributed by atoms with Crippen LogP contribution in [0, 0.1) is 5.92 Å². The standard InChI is InChI=1S/C17H35NO3/c1-7-11-18-17(6,16(19)20-8-2)10-9-12-21-15(5)13-14(3)4/h14-15,18H,7-13H2,1-6H3. The second-order valence-electron chi connectivity index (χ2n) is 6.39. The van der Waals surface area contributed by atoms with Crippen LogP contribution < -0.4 is 5.32 Å². The Balaban J connectivity index is 4.20. The van der Waals surface area contributed by atoms with Gasteiger partial charge in [-0.25, -0.2) is 0 Å². The lowest BCUT2D eigenvalue weighted by Crippen LogP contribution is -2.51. The summed E-state index contributed by atoms with van der Waals surface area (Å²) in [5.41, 5.74) is -0.601. The van der Waals surface area contributed by atoms with Gasteiger partial charge in [0.25, 0.3) is 0 Å². The van der Waals surface area contributed by atoms with Crippen LogP contribution in [0.3, 0.4) is 0 Å². The minimum absolute atomic E-state index is 0.159. The van der Waals surface area contributed by atoms with Gasteiger partial charge in [-0.2, -0.15) is 0 Å². The molecule has 0 heterocycles. The van der Waals surface area contributed by atoms with Gasteiger partial charge in [0.2, 0.25) is 0 Å². The molecule has 21 heavy (non-hydrogen) atoms. The van der Waals surface area contributed by atoms with Crippen molar-refractivity contribution in [2.45, 2.75) is 78.9 Å². The zero-order chi connectivity index (χ0) is 16.3. The van der Waals surface area contributed by atoms with E-state index in [0.29, 0.717) is 19.1 Å². The van der Waals surface area contributed by atoms with Gasteiger partial charge in [0, 0.05) is 6.61 Å². The molecule has 4 nitrogen and oxygen atoms in total. The molecule has 0 aromatic carbocycles. The van der Waals surface area contributed by atoms with Gasteiger partial charge in [-0.3, -0.25) is 4.79 Å². The number of ether oxygens (including phenoxy) is 2. The number of hydrogen-bond acceptors (Lipinski definition) is 4. The molecule has 0 amide bonds. The highest BCUT2D eigenvalue weighted by Gasteiger charge is 2.33. The lowest BCUT2D eigenvalue weighted by Gasteiger charge is -2.28. The van der Waals surface area contributed by atoms with Crippen LogP contribution in [-0.4, -0.2) is 37.4 Å². The average Bonchev–Trinajstić information content (AvgIpc) is 2.41. The van der Waals surface area contributed by atoms with Crippen LogP contribution in [0.25, 0.3) is 0 Å². The number of nitrogens with one attached hydrogen (secondary N) is 1. The molecule has 0 aliphatic heterocycles. The molecular formula is C17H35NO3. The van der Waals surface area contributed by atoms with E-state index in [1.165, 1.54) is 0 Å². The van der Waals surface area contributed by atoms with Crippen LogP contribution in [0.4, 0.5) is 0 Å². The molecule has 0 radical (unpaired) electrons. The maximum absolute atomic E-state index is 12.1. The van der Waals surface area contributed by atoms with Crippen molar-refractivity contribution in [1.29, 1.82) is 0 Å². The highest BCUT2D eigenvalue weighted by molar-refractivity contribution is 5.80. The largest absolute Gasteiger partial charge is 0.465 e. The molecule has 1 N–H and O–H groups in total. The summed E-state index contributed by atoms with van der Waals surface area (Å²) in [4.78, 5) is 12.1. The third-order valence-electron chi connectivity index (χ3n) is 3.52. The van der Waals surface area contributed by atoms with Crippen molar-refractivity contribution in [2.24, 2.45) is 5.92 Å². The first-order valence-corrected chi connectivity index (χ1v) is 8.39. The first-order valence-electron chi connectivity index (χ1n) is 8.39. The Hall–Kier alpha value is -0.610. The monoisotopic (exact) mass is 301 g/mol. The summed E-state index contributed by atoms with van der Waals surface area (Å²) in [6.45, 7) is 14.3. The molecule has 0 rings (SSSR count).